The molecule has 17 heavy (non-hydrogen) atoms. The van der Waals surface area contributed by atoms with E-state index in [0.717, 1.165) is 0 Å². The molecule has 4 heteroatoms. The second-order valence-electron chi connectivity index (χ2n) is 6.63. The largest absolute Gasteiger partial charge is 0.444 e. The molecule has 0 aromatic carbocycles. The molecule has 1 saturated heterocycles. The van der Waals surface area contributed by atoms with Gasteiger partial charge in [0.15, 0.2) is 0 Å². The van der Waals surface area contributed by atoms with Crippen LogP contribution in [0.1, 0.15) is 42.0 Å². The minimum atomic E-state index is -0.453. The minimum absolute atomic E-state index is 0. The van der Waals surface area contributed by atoms with E-state index < -0.39 is 5.60 Å². The van der Waals surface area contributed by atoms with Crippen molar-refractivity contribution in [3.05, 3.63) is 0 Å². The Morgan fingerprint density at radius 1 is 1.53 bits per heavy atom. The van der Waals surface area contributed by atoms with E-state index in [1.165, 1.54) is 0 Å². The number of amides is 1. The van der Waals surface area contributed by atoms with Crippen molar-refractivity contribution in [1.82, 2.24) is 4.90 Å². The van der Waals surface area contributed by atoms with Crippen molar-refractivity contribution in [2.45, 2.75) is 46.1 Å². The second kappa shape index (κ2) is 3.72. The summed E-state index contributed by atoms with van der Waals surface area (Å²) >= 11 is 0. The highest BCUT2D eigenvalue weighted by Crippen LogP contribution is 2.46. The fourth-order valence-corrected chi connectivity index (χ4v) is 2.89. The highest BCUT2D eigenvalue weighted by atomic mass is 16.6. The Kier molecular flexibility index (Phi) is 2.71. The first-order valence-corrected chi connectivity index (χ1v) is 6.19. The van der Waals surface area contributed by atoms with Gasteiger partial charge in [-0.1, -0.05) is 6.92 Å². The van der Waals surface area contributed by atoms with E-state index in [0.29, 0.717) is 37.6 Å². The molecule has 2 rings (SSSR count). The number of Topliss-reactive ketones (excluding diaryl/α,β-unsaturated/α-hetero) is 1. The van der Waals surface area contributed by atoms with Gasteiger partial charge in [-0.2, -0.15) is 0 Å². The van der Waals surface area contributed by atoms with Crippen LogP contribution in [-0.4, -0.2) is 35.5 Å². The lowest BCUT2D eigenvalue weighted by atomic mass is 9.83. The van der Waals surface area contributed by atoms with Crippen molar-refractivity contribution in [3.8, 4) is 0 Å². The molecule has 0 bridgehead atoms. The van der Waals surface area contributed by atoms with E-state index in [1.807, 2.05) is 20.8 Å². The molecule has 2 fully saturated rings. The van der Waals surface area contributed by atoms with Crippen LogP contribution in [0.5, 0.6) is 0 Å². The SMILES string of the molecule is CC(C)(C)OC(=O)N1CC2CC(=O)C[C@@]2(C)C1.[HH]. The van der Waals surface area contributed by atoms with Gasteiger partial charge in [-0.15, -0.1) is 0 Å². The van der Waals surface area contributed by atoms with Crippen molar-refractivity contribution < 1.29 is 15.8 Å². The summed E-state index contributed by atoms with van der Waals surface area (Å²) in [5.74, 6) is 0.656. The molecular weight excluding hydrogens is 218 g/mol. The average Bonchev–Trinajstić information content (AvgIpc) is 2.51. The van der Waals surface area contributed by atoms with Crippen LogP contribution in [0.3, 0.4) is 0 Å². The van der Waals surface area contributed by atoms with Crippen LogP contribution >= 0.6 is 0 Å². The van der Waals surface area contributed by atoms with Gasteiger partial charge in [-0.05, 0) is 32.1 Å². The number of likely N-dealkylation sites (tertiary alicyclic amines) is 1. The highest BCUT2D eigenvalue weighted by Gasteiger charge is 2.51. The van der Waals surface area contributed by atoms with E-state index >= 15 is 0 Å². The van der Waals surface area contributed by atoms with Gasteiger partial charge in [0.05, 0.1) is 0 Å². The highest BCUT2D eigenvalue weighted by molar-refractivity contribution is 5.83. The molecule has 2 atom stereocenters. The third kappa shape index (κ3) is 2.45. The summed E-state index contributed by atoms with van der Waals surface area (Å²) in [7, 11) is 0. The lowest BCUT2D eigenvalue weighted by molar-refractivity contribution is -0.118. The van der Waals surface area contributed by atoms with Crippen LogP contribution in [0, 0.1) is 11.3 Å². The average molecular weight is 241 g/mol. The van der Waals surface area contributed by atoms with E-state index in [2.05, 4.69) is 6.92 Å². The first-order valence-electron chi connectivity index (χ1n) is 6.19. The summed E-state index contributed by atoms with van der Waals surface area (Å²) in [6, 6.07) is 0. The number of ether oxygens (including phenoxy) is 1. The van der Waals surface area contributed by atoms with Crippen molar-refractivity contribution in [2.75, 3.05) is 13.1 Å². The fourth-order valence-electron chi connectivity index (χ4n) is 2.89. The molecule has 0 spiro atoms. The molecule has 0 radical (unpaired) electrons. The lowest BCUT2D eigenvalue weighted by Gasteiger charge is -2.26. The molecular formula is C13H23NO3. The maximum absolute atomic E-state index is 11.9. The molecule has 0 aromatic rings. The van der Waals surface area contributed by atoms with Crippen LogP contribution in [0.15, 0.2) is 0 Å². The van der Waals surface area contributed by atoms with E-state index in [9.17, 15) is 9.59 Å². The predicted molar refractivity (Wildman–Crippen MR) is 65.8 cm³/mol. The Labute approximate surface area is 104 Å². The zero-order chi connectivity index (χ0) is 12.8. The van der Waals surface area contributed by atoms with Gasteiger partial charge in [0.1, 0.15) is 11.4 Å². The van der Waals surface area contributed by atoms with Gasteiger partial charge < -0.3 is 9.64 Å². The summed E-state index contributed by atoms with van der Waals surface area (Å²) in [5.41, 5.74) is -0.473. The Morgan fingerprint density at radius 3 is 2.71 bits per heavy atom. The van der Waals surface area contributed by atoms with Crippen molar-refractivity contribution >= 4 is 11.9 Å². The standard InChI is InChI=1S/C13H21NO3.H2/c1-12(2,3)17-11(16)14-7-9-5-10(15)6-13(9,4)8-14;/h9H,5-8H2,1-4H3;1H/t9?,13-;/m0./s1. The molecule has 1 unspecified atom stereocenters. The lowest BCUT2D eigenvalue weighted by Crippen LogP contribution is -2.36. The zero-order valence-corrected chi connectivity index (χ0v) is 11.1. The fraction of sp³-hybridized carbons (Fsp3) is 0.846. The molecule has 1 saturated carbocycles. The third-order valence-corrected chi connectivity index (χ3v) is 3.71. The van der Waals surface area contributed by atoms with Crippen LogP contribution < -0.4 is 0 Å². The molecule has 98 valence electrons. The Balaban J connectivity index is 0.00000162. The van der Waals surface area contributed by atoms with Gasteiger partial charge in [0.2, 0.25) is 0 Å². The topological polar surface area (TPSA) is 46.6 Å². The Hall–Kier alpha value is -1.06. The van der Waals surface area contributed by atoms with Gasteiger partial charge in [-0.25, -0.2) is 4.79 Å². The number of rotatable bonds is 0. The summed E-state index contributed by atoms with van der Waals surface area (Å²) in [6.07, 6.45) is 0.979. The number of nitrogens with zero attached hydrogens (tertiary/aromatic N) is 1. The smallest absolute Gasteiger partial charge is 0.410 e. The zero-order valence-electron chi connectivity index (χ0n) is 11.1. The van der Waals surface area contributed by atoms with Crippen LogP contribution in [0.2, 0.25) is 0 Å². The number of hydrogen-bond donors (Lipinski definition) is 0. The van der Waals surface area contributed by atoms with Crippen LogP contribution in [0.25, 0.3) is 0 Å². The van der Waals surface area contributed by atoms with Crippen LogP contribution in [-0.2, 0) is 9.53 Å². The maximum Gasteiger partial charge on any atom is 0.410 e. The van der Waals surface area contributed by atoms with Crippen molar-refractivity contribution in [1.29, 1.82) is 0 Å². The van der Waals surface area contributed by atoms with E-state index in [1.54, 1.807) is 4.90 Å². The van der Waals surface area contributed by atoms with Gasteiger partial charge in [0, 0.05) is 27.4 Å². The maximum atomic E-state index is 11.9. The van der Waals surface area contributed by atoms with Gasteiger partial charge >= 0.3 is 6.09 Å². The minimum Gasteiger partial charge on any atom is -0.444 e. The number of hydrogen-bond acceptors (Lipinski definition) is 3. The predicted octanol–water partition coefficient (Wildman–Crippen LogP) is 2.47. The summed E-state index contributed by atoms with van der Waals surface area (Å²) in [5, 5.41) is 0. The second-order valence-corrected chi connectivity index (χ2v) is 6.63. The molecule has 0 aromatic heterocycles. The summed E-state index contributed by atoms with van der Waals surface area (Å²) in [4.78, 5) is 25.1. The first kappa shape index (κ1) is 12.4. The van der Waals surface area contributed by atoms with Crippen LogP contribution in [0.4, 0.5) is 4.79 Å². The number of fused-ring (bicyclic) bond motifs is 1. The number of ketones is 1. The molecule has 1 aliphatic heterocycles. The van der Waals surface area contributed by atoms with Gasteiger partial charge in [0.25, 0.3) is 0 Å². The first-order chi connectivity index (χ1) is 7.70. The van der Waals surface area contributed by atoms with Gasteiger partial charge in [-0.3, -0.25) is 4.79 Å². The monoisotopic (exact) mass is 241 g/mol. The summed E-state index contributed by atoms with van der Waals surface area (Å²) < 4.78 is 5.36. The van der Waals surface area contributed by atoms with Crippen molar-refractivity contribution in [2.24, 2.45) is 11.3 Å². The van der Waals surface area contributed by atoms with Crippen molar-refractivity contribution in [3.63, 3.8) is 0 Å². The Morgan fingerprint density at radius 2 is 2.18 bits per heavy atom. The normalized spacial score (nSPS) is 32.8. The Bertz CT molecular complexity index is 364. The molecule has 1 amide bonds. The molecule has 1 aliphatic carbocycles. The molecule has 2 aliphatic rings. The molecule has 4 nitrogen and oxygen atoms in total. The third-order valence-electron chi connectivity index (χ3n) is 3.71. The quantitative estimate of drug-likeness (QED) is 0.654. The molecule has 0 N–H and O–H groups in total. The molecule has 1 heterocycles. The number of carbonyl (C=O) groups is 2. The number of carbonyl (C=O) groups excluding carboxylic acids is 2. The summed E-state index contributed by atoms with van der Waals surface area (Å²) in [6.45, 7) is 9.02. The van der Waals surface area contributed by atoms with E-state index in [4.69, 9.17) is 4.74 Å². The van der Waals surface area contributed by atoms with E-state index in [-0.39, 0.29) is 12.9 Å².